The van der Waals surface area contributed by atoms with Crippen molar-refractivity contribution >= 4 is 0 Å². The van der Waals surface area contributed by atoms with Crippen LogP contribution in [-0.2, 0) is 23.7 Å². The van der Waals surface area contributed by atoms with Gasteiger partial charge in [0.05, 0.1) is 12.2 Å². The Labute approximate surface area is 193 Å². The molecule has 0 N–H and O–H groups in total. The molecule has 1 fully saturated rings. The molecule has 1 nitrogen and oxygen atoms in total. The van der Waals surface area contributed by atoms with Crippen LogP contribution in [0.25, 0.3) is 0 Å². The zero-order valence-electron chi connectivity index (χ0n) is 19.4. The Kier molecular flexibility index (Phi) is 8.91. The highest BCUT2D eigenvalue weighted by Gasteiger charge is 2.38. The number of benzene rings is 2. The molecular weight excluding hydrogens is 435 g/mol. The van der Waals surface area contributed by atoms with Gasteiger partial charge in [-0.05, 0) is 79.2 Å². The molecule has 0 spiro atoms. The molecule has 0 unspecified atom stereocenters. The summed E-state index contributed by atoms with van der Waals surface area (Å²) in [4.78, 5) is 0. The minimum Gasteiger partial charge on any atom is -0.316 e. The fraction of sp³-hybridized carbons (Fsp3) is 0.556. The van der Waals surface area contributed by atoms with Crippen molar-refractivity contribution in [2.24, 2.45) is 5.92 Å². The van der Waals surface area contributed by atoms with Gasteiger partial charge < -0.3 is 4.74 Å². The summed E-state index contributed by atoms with van der Waals surface area (Å²) in [6, 6.07) is 6.81. The van der Waals surface area contributed by atoms with Crippen LogP contribution >= 0.6 is 0 Å². The van der Waals surface area contributed by atoms with Crippen molar-refractivity contribution in [3.63, 3.8) is 0 Å². The van der Waals surface area contributed by atoms with Gasteiger partial charge in [-0.15, -0.1) is 0 Å². The van der Waals surface area contributed by atoms with E-state index in [2.05, 4.69) is 11.7 Å². The monoisotopic (exact) mass is 468 g/mol. The summed E-state index contributed by atoms with van der Waals surface area (Å²) in [6.45, 7) is 3.61. The van der Waals surface area contributed by atoms with E-state index >= 15 is 0 Å². The number of hydrogen-bond acceptors (Lipinski definition) is 1. The average Bonchev–Trinajstić information content (AvgIpc) is 2.78. The van der Waals surface area contributed by atoms with Gasteiger partial charge in [0.25, 0.3) is 0 Å². The van der Waals surface area contributed by atoms with Crippen molar-refractivity contribution in [2.75, 3.05) is 6.61 Å². The molecule has 0 heterocycles. The minimum atomic E-state index is -3.98. The van der Waals surface area contributed by atoms with Gasteiger partial charge in [0, 0.05) is 0 Å². The zero-order valence-corrected chi connectivity index (χ0v) is 19.4. The number of alkyl halides is 2. The van der Waals surface area contributed by atoms with E-state index < -0.39 is 29.9 Å². The molecule has 2 aromatic rings. The predicted molar refractivity (Wildman–Crippen MR) is 120 cm³/mol. The summed E-state index contributed by atoms with van der Waals surface area (Å²) in [5.74, 6) is -2.69. The van der Waals surface area contributed by atoms with Crippen LogP contribution in [0, 0.1) is 23.4 Å². The first-order valence-corrected chi connectivity index (χ1v) is 12.0. The Morgan fingerprint density at radius 2 is 1.61 bits per heavy atom. The number of halogens is 5. The van der Waals surface area contributed by atoms with Crippen LogP contribution in [0.4, 0.5) is 22.0 Å². The third kappa shape index (κ3) is 6.34. The first-order valence-electron chi connectivity index (χ1n) is 12.0. The molecule has 33 heavy (non-hydrogen) atoms. The van der Waals surface area contributed by atoms with E-state index in [0.717, 1.165) is 51.0 Å². The first-order chi connectivity index (χ1) is 15.8. The topological polar surface area (TPSA) is 9.23 Å². The van der Waals surface area contributed by atoms with E-state index in [1.165, 1.54) is 12.1 Å². The zero-order chi connectivity index (χ0) is 24.0. The summed E-state index contributed by atoms with van der Waals surface area (Å²) in [6.07, 6.45) is 3.03. The van der Waals surface area contributed by atoms with Crippen LogP contribution in [0.15, 0.2) is 30.3 Å². The van der Waals surface area contributed by atoms with E-state index in [1.54, 1.807) is 12.1 Å². The van der Waals surface area contributed by atoms with Gasteiger partial charge in [-0.25, -0.2) is 13.2 Å². The van der Waals surface area contributed by atoms with Crippen molar-refractivity contribution in [1.82, 2.24) is 0 Å². The van der Waals surface area contributed by atoms with Gasteiger partial charge >= 0.3 is 6.11 Å². The molecule has 0 saturated heterocycles. The van der Waals surface area contributed by atoms with Gasteiger partial charge in [0.15, 0.2) is 11.6 Å². The first kappa shape index (κ1) is 25.7. The van der Waals surface area contributed by atoms with E-state index in [-0.39, 0.29) is 23.7 Å². The van der Waals surface area contributed by atoms with Crippen molar-refractivity contribution in [3.8, 4) is 0 Å². The Morgan fingerprint density at radius 3 is 2.24 bits per heavy atom. The SMILES string of the molecule is CCCc1ccc(CCOC(F)(F)c2ccc([C@H]3CC[C@H](CCC)CC3)c(F)c2F)cc1F. The highest BCUT2D eigenvalue weighted by Crippen LogP contribution is 2.41. The average molecular weight is 469 g/mol. The molecule has 6 heteroatoms. The van der Waals surface area contributed by atoms with Crippen LogP contribution in [-0.4, -0.2) is 6.61 Å². The van der Waals surface area contributed by atoms with Crippen LogP contribution in [0.2, 0.25) is 0 Å². The lowest BCUT2D eigenvalue weighted by atomic mass is 9.77. The summed E-state index contributed by atoms with van der Waals surface area (Å²) < 4.78 is 77.2. The molecule has 0 atom stereocenters. The Hall–Kier alpha value is -1.95. The maximum Gasteiger partial charge on any atom is 0.386 e. The van der Waals surface area contributed by atoms with Gasteiger partial charge in [0.2, 0.25) is 0 Å². The van der Waals surface area contributed by atoms with Crippen LogP contribution in [0.1, 0.15) is 87.0 Å². The lowest BCUT2D eigenvalue weighted by Crippen LogP contribution is -2.23. The summed E-state index contributed by atoms with van der Waals surface area (Å²) >= 11 is 0. The number of ether oxygens (including phenoxy) is 1. The summed E-state index contributed by atoms with van der Waals surface area (Å²) in [5, 5.41) is 0. The molecule has 1 aliphatic rings. The molecule has 3 rings (SSSR count). The molecule has 1 saturated carbocycles. The third-order valence-corrected chi connectivity index (χ3v) is 6.72. The normalized spacial score (nSPS) is 19.1. The molecule has 182 valence electrons. The number of rotatable bonds is 10. The van der Waals surface area contributed by atoms with Crippen molar-refractivity contribution in [2.45, 2.75) is 83.7 Å². The maximum absolute atomic E-state index is 14.7. The standard InChI is InChI=1S/C27H33F5O/c1-3-5-18-7-10-20(11-8-18)22-13-14-23(26(30)25(22)29)27(31,32)33-16-15-19-9-12-21(6-4-2)24(28)17-19/h9,12-14,17-18,20H,3-8,10-11,15-16H2,1-2H3/t18-,20-. The summed E-state index contributed by atoms with van der Waals surface area (Å²) in [5.41, 5.74) is 0.144. The van der Waals surface area contributed by atoms with E-state index in [9.17, 15) is 22.0 Å². The maximum atomic E-state index is 14.7. The number of hydrogen-bond donors (Lipinski definition) is 0. The van der Waals surface area contributed by atoms with E-state index in [0.29, 0.717) is 23.5 Å². The second-order valence-electron chi connectivity index (χ2n) is 9.13. The third-order valence-electron chi connectivity index (χ3n) is 6.72. The van der Waals surface area contributed by atoms with Crippen LogP contribution in [0.3, 0.4) is 0 Å². The molecule has 0 aliphatic heterocycles. The smallest absolute Gasteiger partial charge is 0.316 e. The quantitative estimate of drug-likeness (QED) is 0.318. The van der Waals surface area contributed by atoms with Crippen LogP contribution in [0.5, 0.6) is 0 Å². The molecular formula is C27H33F5O. The van der Waals surface area contributed by atoms with Gasteiger partial charge in [-0.3, -0.25) is 0 Å². The molecule has 0 bridgehead atoms. The van der Waals surface area contributed by atoms with E-state index in [1.807, 2.05) is 6.92 Å². The summed E-state index contributed by atoms with van der Waals surface area (Å²) in [7, 11) is 0. The van der Waals surface area contributed by atoms with Gasteiger partial charge in [0.1, 0.15) is 5.82 Å². The fourth-order valence-electron chi connectivity index (χ4n) is 4.87. The lowest BCUT2D eigenvalue weighted by Gasteiger charge is -2.29. The van der Waals surface area contributed by atoms with Crippen molar-refractivity contribution in [3.05, 3.63) is 70.0 Å². The predicted octanol–water partition coefficient (Wildman–Crippen LogP) is 8.44. The number of aryl methyl sites for hydroxylation is 1. The largest absolute Gasteiger partial charge is 0.386 e. The second kappa shape index (κ2) is 11.5. The van der Waals surface area contributed by atoms with E-state index in [4.69, 9.17) is 0 Å². The molecule has 0 aromatic heterocycles. The second-order valence-corrected chi connectivity index (χ2v) is 9.13. The molecule has 0 amide bonds. The Balaban J connectivity index is 1.63. The fourth-order valence-corrected chi connectivity index (χ4v) is 4.87. The van der Waals surface area contributed by atoms with Crippen molar-refractivity contribution < 1.29 is 26.7 Å². The lowest BCUT2D eigenvalue weighted by molar-refractivity contribution is -0.249. The van der Waals surface area contributed by atoms with Gasteiger partial charge in [-0.1, -0.05) is 51.3 Å². The van der Waals surface area contributed by atoms with Gasteiger partial charge in [-0.2, -0.15) is 8.78 Å². The highest BCUT2D eigenvalue weighted by molar-refractivity contribution is 5.31. The molecule has 1 aliphatic carbocycles. The minimum absolute atomic E-state index is 0.0299. The molecule has 0 radical (unpaired) electrons. The van der Waals surface area contributed by atoms with Crippen molar-refractivity contribution in [1.29, 1.82) is 0 Å². The Morgan fingerprint density at radius 1 is 0.879 bits per heavy atom. The Bertz CT molecular complexity index is 919. The highest BCUT2D eigenvalue weighted by atomic mass is 19.3. The molecule has 2 aromatic carbocycles. The van der Waals surface area contributed by atoms with Crippen LogP contribution < -0.4 is 0 Å².